The monoisotopic (exact) mass is 375 g/mol. The van der Waals surface area contributed by atoms with Crippen LogP contribution in [0.3, 0.4) is 0 Å². The maximum atomic E-state index is 12.4. The van der Waals surface area contributed by atoms with E-state index in [1.54, 1.807) is 31.4 Å². The lowest BCUT2D eigenvalue weighted by Crippen LogP contribution is -2.30. The first-order valence-corrected chi connectivity index (χ1v) is 8.64. The Hall–Kier alpha value is -2.53. The molecule has 0 aliphatic carbocycles. The van der Waals surface area contributed by atoms with Gasteiger partial charge in [-0.2, -0.15) is 0 Å². The van der Waals surface area contributed by atoms with Crippen molar-refractivity contribution in [3.8, 4) is 5.75 Å². The molecule has 0 heterocycles. The molecule has 6 heteroatoms. The fourth-order valence-electron chi connectivity index (χ4n) is 2.55. The molecule has 0 aliphatic rings. The lowest BCUT2D eigenvalue weighted by molar-refractivity contribution is -0.141. The average Bonchev–Trinajstić information content (AvgIpc) is 2.66. The second-order valence-corrected chi connectivity index (χ2v) is 6.24. The van der Waals surface area contributed by atoms with Gasteiger partial charge in [-0.05, 0) is 41.8 Å². The molecule has 2 aromatic carbocycles. The summed E-state index contributed by atoms with van der Waals surface area (Å²) in [5, 5.41) is 3.50. The molecule has 138 valence electrons. The molecular weight excluding hydrogens is 354 g/mol. The number of carbonyl (C=O) groups excluding carboxylic acids is 2. The number of nitrogens with one attached hydrogen (secondary N) is 1. The van der Waals surface area contributed by atoms with Crippen LogP contribution in [0.5, 0.6) is 5.75 Å². The molecule has 0 bridgehead atoms. The van der Waals surface area contributed by atoms with Crippen LogP contribution in [0.25, 0.3) is 0 Å². The first-order valence-electron chi connectivity index (χ1n) is 8.26. The van der Waals surface area contributed by atoms with Crippen LogP contribution in [-0.2, 0) is 20.7 Å². The quantitative estimate of drug-likeness (QED) is 0.714. The Morgan fingerprint density at radius 3 is 2.50 bits per heavy atom. The first-order chi connectivity index (χ1) is 12.5. The van der Waals surface area contributed by atoms with Gasteiger partial charge in [0.2, 0.25) is 5.91 Å². The largest absolute Gasteiger partial charge is 0.497 e. The van der Waals surface area contributed by atoms with Crippen LogP contribution in [0, 0.1) is 0 Å². The van der Waals surface area contributed by atoms with Crippen molar-refractivity contribution >= 4 is 23.5 Å². The molecule has 1 amide bonds. The Morgan fingerprint density at radius 1 is 1.12 bits per heavy atom. The van der Waals surface area contributed by atoms with Crippen molar-refractivity contribution in [1.29, 1.82) is 0 Å². The molecule has 5 nitrogen and oxygen atoms in total. The third-order valence-electron chi connectivity index (χ3n) is 3.98. The van der Waals surface area contributed by atoms with Crippen molar-refractivity contribution < 1.29 is 19.1 Å². The molecule has 0 aliphatic heterocycles. The van der Waals surface area contributed by atoms with E-state index in [1.165, 1.54) is 7.11 Å². The van der Waals surface area contributed by atoms with E-state index in [9.17, 15) is 9.59 Å². The second-order valence-electron chi connectivity index (χ2n) is 5.80. The van der Waals surface area contributed by atoms with Gasteiger partial charge in [-0.3, -0.25) is 9.59 Å². The fourth-order valence-corrected chi connectivity index (χ4v) is 2.68. The molecule has 0 aromatic heterocycles. The van der Waals surface area contributed by atoms with Gasteiger partial charge in [0.05, 0.1) is 26.7 Å². The Labute approximate surface area is 158 Å². The van der Waals surface area contributed by atoms with Crippen LogP contribution in [0.1, 0.15) is 30.0 Å². The molecule has 26 heavy (non-hydrogen) atoms. The Balaban J connectivity index is 2.00. The van der Waals surface area contributed by atoms with Crippen molar-refractivity contribution in [3.05, 3.63) is 64.7 Å². The summed E-state index contributed by atoms with van der Waals surface area (Å²) >= 11 is 5.91. The zero-order valence-corrected chi connectivity index (χ0v) is 15.6. The minimum absolute atomic E-state index is 0.0586. The predicted molar refractivity (Wildman–Crippen MR) is 100 cm³/mol. The summed E-state index contributed by atoms with van der Waals surface area (Å²) in [6.45, 7) is 0. The third-order valence-corrected chi connectivity index (χ3v) is 4.23. The zero-order valence-electron chi connectivity index (χ0n) is 14.8. The normalized spacial score (nSPS) is 11.5. The van der Waals surface area contributed by atoms with Gasteiger partial charge in [-0.15, -0.1) is 0 Å². The smallest absolute Gasteiger partial charge is 0.307 e. The first kappa shape index (κ1) is 19.8. The average molecular weight is 376 g/mol. The molecule has 1 N–H and O–H groups in total. The topological polar surface area (TPSA) is 64.6 Å². The maximum absolute atomic E-state index is 12.4. The number of carbonyl (C=O) groups is 2. The fraction of sp³-hybridized carbons (Fsp3) is 0.300. The molecule has 1 unspecified atom stereocenters. The van der Waals surface area contributed by atoms with Crippen LogP contribution < -0.4 is 10.1 Å². The minimum atomic E-state index is -0.461. The summed E-state index contributed by atoms with van der Waals surface area (Å²) in [6, 6.07) is 14.2. The van der Waals surface area contributed by atoms with Gasteiger partial charge in [-0.25, -0.2) is 0 Å². The summed E-state index contributed by atoms with van der Waals surface area (Å²) in [5.41, 5.74) is 1.81. The van der Waals surface area contributed by atoms with Crippen LogP contribution in [-0.4, -0.2) is 26.1 Å². The van der Waals surface area contributed by atoms with E-state index >= 15 is 0 Å². The molecular formula is C20H22ClNO4. The number of methoxy groups -OCH3 is 2. The number of hydrogen-bond acceptors (Lipinski definition) is 4. The predicted octanol–water partition coefficient (Wildman–Crippen LogP) is 3.70. The molecule has 2 aromatic rings. The molecule has 0 fully saturated rings. The SMILES string of the molecule is COC(=O)CC(NC(=O)CCc1cccc(OC)c1)c1ccc(Cl)cc1. The number of benzene rings is 2. The summed E-state index contributed by atoms with van der Waals surface area (Å²) in [4.78, 5) is 24.1. The summed E-state index contributed by atoms with van der Waals surface area (Å²) in [7, 11) is 2.93. The van der Waals surface area contributed by atoms with Gasteiger partial charge in [0.1, 0.15) is 5.75 Å². The lowest BCUT2D eigenvalue weighted by Gasteiger charge is -2.18. The highest BCUT2D eigenvalue weighted by Crippen LogP contribution is 2.20. The third kappa shape index (κ3) is 6.08. The number of amides is 1. The minimum Gasteiger partial charge on any atom is -0.497 e. The van der Waals surface area contributed by atoms with E-state index in [1.807, 2.05) is 24.3 Å². The number of ether oxygens (including phenoxy) is 2. The van der Waals surface area contributed by atoms with Gasteiger partial charge in [0.15, 0.2) is 0 Å². The molecule has 1 atom stereocenters. The molecule has 0 radical (unpaired) electrons. The number of aryl methyl sites for hydroxylation is 1. The highest BCUT2D eigenvalue weighted by molar-refractivity contribution is 6.30. The lowest BCUT2D eigenvalue weighted by atomic mass is 10.0. The Morgan fingerprint density at radius 2 is 1.85 bits per heavy atom. The van der Waals surface area contributed by atoms with E-state index < -0.39 is 12.0 Å². The highest BCUT2D eigenvalue weighted by atomic mass is 35.5. The zero-order chi connectivity index (χ0) is 18.9. The van der Waals surface area contributed by atoms with Gasteiger partial charge in [-0.1, -0.05) is 35.9 Å². The second kappa shape index (κ2) is 9.82. The van der Waals surface area contributed by atoms with Crippen LogP contribution >= 0.6 is 11.6 Å². The van der Waals surface area contributed by atoms with Crippen molar-refractivity contribution in [2.45, 2.75) is 25.3 Å². The number of rotatable bonds is 8. The number of esters is 1. The summed E-state index contributed by atoms with van der Waals surface area (Å²) < 4.78 is 9.92. The maximum Gasteiger partial charge on any atom is 0.307 e. The summed E-state index contributed by atoms with van der Waals surface area (Å²) in [5.74, 6) is 0.224. The highest BCUT2D eigenvalue weighted by Gasteiger charge is 2.19. The van der Waals surface area contributed by atoms with Crippen molar-refractivity contribution in [1.82, 2.24) is 5.32 Å². The van der Waals surface area contributed by atoms with E-state index in [0.29, 0.717) is 17.9 Å². The standard InChI is InChI=1S/C20H22ClNO4/c1-25-17-5-3-4-14(12-17)6-11-19(23)22-18(13-20(24)26-2)15-7-9-16(21)10-8-15/h3-5,7-10,12,18H,6,11,13H2,1-2H3,(H,22,23). The van der Waals surface area contributed by atoms with E-state index in [0.717, 1.165) is 16.9 Å². The van der Waals surface area contributed by atoms with Crippen molar-refractivity contribution in [2.75, 3.05) is 14.2 Å². The van der Waals surface area contributed by atoms with Crippen molar-refractivity contribution in [2.24, 2.45) is 0 Å². The number of hydrogen-bond donors (Lipinski definition) is 1. The van der Waals surface area contributed by atoms with Crippen LogP contribution in [0.15, 0.2) is 48.5 Å². The van der Waals surface area contributed by atoms with E-state index in [4.69, 9.17) is 21.1 Å². The molecule has 2 rings (SSSR count). The molecule has 0 spiro atoms. The van der Waals surface area contributed by atoms with Gasteiger partial charge in [0.25, 0.3) is 0 Å². The van der Waals surface area contributed by atoms with Crippen LogP contribution in [0.4, 0.5) is 0 Å². The number of halogens is 1. The van der Waals surface area contributed by atoms with Gasteiger partial charge >= 0.3 is 5.97 Å². The summed E-state index contributed by atoms with van der Waals surface area (Å²) in [6.07, 6.45) is 0.941. The molecule has 0 saturated carbocycles. The van der Waals surface area contributed by atoms with Gasteiger partial charge < -0.3 is 14.8 Å². The van der Waals surface area contributed by atoms with E-state index in [-0.39, 0.29) is 12.3 Å². The molecule has 0 saturated heterocycles. The van der Waals surface area contributed by atoms with Crippen LogP contribution in [0.2, 0.25) is 5.02 Å². The van der Waals surface area contributed by atoms with E-state index in [2.05, 4.69) is 5.32 Å². The Kier molecular flexibility index (Phi) is 7.48. The Bertz CT molecular complexity index is 746. The van der Waals surface area contributed by atoms with Crippen molar-refractivity contribution in [3.63, 3.8) is 0 Å². The van der Waals surface area contributed by atoms with Gasteiger partial charge in [0, 0.05) is 11.4 Å².